The molecule has 1 aliphatic heterocycles. The van der Waals surface area contributed by atoms with Crippen molar-refractivity contribution in [1.82, 2.24) is 24.4 Å². The Morgan fingerprint density at radius 3 is 2.61 bits per heavy atom. The Labute approximate surface area is 222 Å². The minimum Gasteiger partial charge on any atom is -0.493 e. The molecule has 1 saturated heterocycles. The molecule has 1 fully saturated rings. The molecule has 3 aromatic heterocycles. The maximum Gasteiger partial charge on any atom is 0.228 e. The molecular weight excluding hydrogens is 481 g/mol. The van der Waals surface area contributed by atoms with E-state index in [1.54, 1.807) is 12.3 Å². The van der Waals surface area contributed by atoms with Crippen molar-refractivity contribution in [3.05, 3.63) is 70.9 Å². The van der Waals surface area contributed by atoms with Gasteiger partial charge in [-0.05, 0) is 56.5 Å². The van der Waals surface area contributed by atoms with E-state index in [1.807, 2.05) is 36.7 Å². The molecule has 1 unspecified atom stereocenters. The zero-order valence-electron chi connectivity index (χ0n) is 22.2. The third-order valence-corrected chi connectivity index (χ3v) is 7.91. The highest BCUT2D eigenvalue weighted by molar-refractivity contribution is 5.94. The summed E-state index contributed by atoms with van der Waals surface area (Å²) in [4.78, 5) is 19.1. The predicted molar refractivity (Wildman–Crippen MR) is 147 cm³/mol. The van der Waals surface area contributed by atoms with Crippen molar-refractivity contribution in [2.24, 2.45) is 0 Å². The minimum absolute atomic E-state index is 0.0474. The summed E-state index contributed by atoms with van der Waals surface area (Å²) >= 11 is 0. The molecule has 0 radical (unpaired) electrons. The number of benzene rings is 1. The molecule has 0 saturated carbocycles. The van der Waals surface area contributed by atoms with E-state index in [9.17, 15) is 5.11 Å². The molecule has 1 aliphatic carbocycles. The van der Waals surface area contributed by atoms with Gasteiger partial charge in [0, 0.05) is 55.9 Å². The first kappa shape index (κ1) is 24.6. The monoisotopic (exact) mass is 515 g/mol. The first-order valence-electron chi connectivity index (χ1n) is 13.5. The average molecular weight is 516 g/mol. The molecule has 0 bridgehead atoms. The van der Waals surface area contributed by atoms with Crippen molar-refractivity contribution in [2.45, 2.75) is 45.7 Å². The van der Waals surface area contributed by atoms with Gasteiger partial charge in [0.25, 0.3) is 0 Å². The van der Waals surface area contributed by atoms with E-state index in [2.05, 4.69) is 33.1 Å². The van der Waals surface area contributed by atoms with E-state index in [4.69, 9.17) is 9.97 Å². The van der Waals surface area contributed by atoms with Crippen molar-refractivity contribution >= 4 is 22.7 Å². The van der Waals surface area contributed by atoms with Crippen LogP contribution >= 0.6 is 0 Å². The number of fused-ring (bicyclic) bond motifs is 3. The van der Waals surface area contributed by atoms with E-state index in [1.165, 1.54) is 6.07 Å². The Bertz CT molecular complexity index is 1480. The van der Waals surface area contributed by atoms with Crippen LogP contribution in [0.15, 0.2) is 42.7 Å². The molecule has 6 rings (SSSR count). The van der Waals surface area contributed by atoms with Crippen molar-refractivity contribution in [2.75, 3.05) is 42.9 Å². The van der Waals surface area contributed by atoms with Gasteiger partial charge in [-0.25, -0.2) is 9.37 Å². The molecule has 0 spiro atoms. The van der Waals surface area contributed by atoms with Crippen LogP contribution in [0.5, 0.6) is 5.88 Å². The molecule has 8 nitrogen and oxygen atoms in total. The number of aromatic nitrogens is 4. The number of rotatable bonds is 5. The fraction of sp³-hybridized carbons (Fsp3) is 0.414. The number of hydrogen-bond donors (Lipinski definition) is 2. The van der Waals surface area contributed by atoms with Gasteiger partial charge < -0.3 is 24.8 Å². The predicted octanol–water partition coefficient (Wildman–Crippen LogP) is 4.69. The van der Waals surface area contributed by atoms with Crippen molar-refractivity contribution in [3.63, 3.8) is 0 Å². The zero-order valence-corrected chi connectivity index (χ0v) is 22.2. The van der Waals surface area contributed by atoms with E-state index in [0.717, 1.165) is 54.9 Å². The standard InChI is InChI=1S/C29H34FN7O/c1-4-35-13-15-36(16-14-35)29-33-26-22(17-37(18(2)3)28(26)38)27(34-29)32-25-20-7-5-9-23(30)19(20)10-11-24-21(25)8-6-12-31-24/h5-9,12,17-18,25,38H,4,10-11,13-16H2,1-3H3,(H,32,33,34). The Kier molecular flexibility index (Phi) is 6.39. The third-order valence-electron chi connectivity index (χ3n) is 7.91. The molecule has 198 valence electrons. The number of halogens is 1. The largest absolute Gasteiger partial charge is 0.493 e. The summed E-state index contributed by atoms with van der Waals surface area (Å²) in [7, 11) is 0. The second kappa shape index (κ2) is 9.87. The Morgan fingerprint density at radius 2 is 1.84 bits per heavy atom. The molecule has 38 heavy (non-hydrogen) atoms. The van der Waals surface area contributed by atoms with Gasteiger partial charge in [0.1, 0.15) is 17.2 Å². The number of pyridine rings is 1. The summed E-state index contributed by atoms with van der Waals surface area (Å²) in [5.74, 6) is 1.14. The lowest BCUT2D eigenvalue weighted by molar-refractivity contribution is 0.270. The van der Waals surface area contributed by atoms with Crippen LogP contribution in [0.1, 0.15) is 55.2 Å². The molecular formula is C29H34FN7O. The Balaban J connectivity index is 1.50. The van der Waals surface area contributed by atoms with Gasteiger partial charge in [-0.3, -0.25) is 4.98 Å². The average Bonchev–Trinajstić information content (AvgIpc) is 3.19. The quantitative estimate of drug-likeness (QED) is 0.399. The number of aryl methyl sites for hydroxylation is 1. The lowest BCUT2D eigenvalue weighted by atomic mass is 9.95. The van der Waals surface area contributed by atoms with Gasteiger partial charge >= 0.3 is 0 Å². The van der Waals surface area contributed by atoms with Crippen LogP contribution in [0.3, 0.4) is 0 Å². The van der Waals surface area contributed by atoms with E-state index in [-0.39, 0.29) is 23.8 Å². The SMILES string of the molecule is CCN1CCN(c2nc(NC3c4cccnc4CCc4c(F)cccc43)c3cn(C(C)C)c(O)c3n2)CC1. The highest BCUT2D eigenvalue weighted by atomic mass is 19.1. The molecule has 1 aromatic carbocycles. The normalized spacial score (nSPS) is 17.9. The number of likely N-dealkylation sites (N-methyl/N-ethyl adjacent to an activating group) is 1. The van der Waals surface area contributed by atoms with Crippen molar-refractivity contribution in [1.29, 1.82) is 0 Å². The maximum absolute atomic E-state index is 15.0. The number of anilines is 2. The van der Waals surface area contributed by atoms with Crippen LogP contribution in [0, 0.1) is 5.82 Å². The summed E-state index contributed by atoms with van der Waals surface area (Å²) in [6.07, 6.45) is 4.95. The summed E-state index contributed by atoms with van der Waals surface area (Å²) in [5, 5.41) is 15.5. The second-order valence-electron chi connectivity index (χ2n) is 10.4. The van der Waals surface area contributed by atoms with Crippen molar-refractivity contribution in [3.8, 4) is 5.88 Å². The van der Waals surface area contributed by atoms with E-state index in [0.29, 0.717) is 35.7 Å². The fourth-order valence-electron chi connectivity index (χ4n) is 5.72. The van der Waals surface area contributed by atoms with Crippen LogP contribution in [-0.2, 0) is 12.8 Å². The van der Waals surface area contributed by atoms with Crippen LogP contribution in [0.4, 0.5) is 16.2 Å². The Hall–Kier alpha value is -3.72. The van der Waals surface area contributed by atoms with Crippen LogP contribution in [0.25, 0.3) is 10.9 Å². The van der Waals surface area contributed by atoms with Gasteiger partial charge in [0.05, 0.1) is 11.4 Å². The van der Waals surface area contributed by atoms with Crippen LogP contribution < -0.4 is 10.2 Å². The molecule has 9 heteroatoms. The molecule has 4 heterocycles. The topological polar surface area (TPSA) is 82.3 Å². The zero-order chi connectivity index (χ0) is 26.4. The maximum atomic E-state index is 15.0. The first-order valence-corrected chi connectivity index (χ1v) is 13.5. The van der Waals surface area contributed by atoms with Gasteiger partial charge in [-0.2, -0.15) is 4.98 Å². The number of nitrogens with one attached hydrogen (secondary N) is 1. The van der Waals surface area contributed by atoms with Gasteiger partial charge in [0.15, 0.2) is 0 Å². The van der Waals surface area contributed by atoms with E-state index >= 15 is 4.39 Å². The smallest absolute Gasteiger partial charge is 0.228 e. The van der Waals surface area contributed by atoms with Crippen molar-refractivity contribution < 1.29 is 9.50 Å². The summed E-state index contributed by atoms with van der Waals surface area (Å²) < 4.78 is 16.9. The summed E-state index contributed by atoms with van der Waals surface area (Å²) in [6.45, 7) is 10.7. The highest BCUT2D eigenvalue weighted by Gasteiger charge is 2.29. The highest BCUT2D eigenvalue weighted by Crippen LogP contribution is 2.39. The van der Waals surface area contributed by atoms with E-state index < -0.39 is 0 Å². The summed E-state index contributed by atoms with van der Waals surface area (Å²) in [5.41, 5.74) is 4.06. The Morgan fingerprint density at radius 1 is 1.05 bits per heavy atom. The second-order valence-corrected chi connectivity index (χ2v) is 10.4. The molecule has 2 N–H and O–H groups in total. The fourth-order valence-corrected chi connectivity index (χ4v) is 5.72. The number of nitrogens with zero attached hydrogens (tertiary/aromatic N) is 6. The van der Waals surface area contributed by atoms with Gasteiger partial charge in [-0.15, -0.1) is 0 Å². The van der Waals surface area contributed by atoms with Gasteiger partial charge in [0.2, 0.25) is 11.8 Å². The van der Waals surface area contributed by atoms with Crippen LogP contribution in [0.2, 0.25) is 0 Å². The molecule has 2 aliphatic rings. The number of aromatic hydroxyl groups is 1. The molecule has 4 aromatic rings. The van der Waals surface area contributed by atoms with Crippen LogP contribution in [-0.4, -0.2) is 62.2 Å². The molecule has 1 atom stereocenters. The number of piperazine rings is 1. The lowest BCUT2D eigenvalue weighted by Crippen LogP contribution is -2.46. The summed E-state index contributed by atoms with van der Waals surface area (Å²) in [6, 6.07) is 8.95. The van der Waals surface area contributed by atoms with Gasteiger partial charge in [-0.1, -0.05) is 25.1 Å². The molecule has 0 amide bonds. The lowest BCUT2D eigenvalue weighted by Gasteiger charge is -2.34. The third kappa shape index (κ3) is 4.24. The minimum atomic E-state index is -0.348. The first-order chi connectivity index (χ1) is 18.4. The number of hydrogen-bond acceptors (Lipinski definition) is 7.